The van der Waals surface area contributed by atoms with Crippen LogP contribution in [0.15, 0.2) is 54.6 Å². The highest BCUT2D eigenvalue weighted by Gasteiger charge is 2.35. The molecule has 3 aromatic rings. The maximum atomic E-state index is 13.5. The van der Waals surface area contributed by atoms with Gasteiger partial charge in [-0.2, -0.15) is 0 Å². The predicted octanol–water partition coefficient (Wildman–Crippen LogP) is 6.35. The van der Waals surface area contributed by atoms with Crippen LogP contribution in [0.3, 0.4) is 0 Å². The van der Waals surface area contributed by atoms with Gasteiger partial charge in [0.1, 0.15) is 5.75 Å². The van der Waals surface area contributed by atoms with Crippen LogP contribution in [0.2, 0.25) is 5.02 Å². The number of anilines is 1. The van der Waals surface area contributed by atoms with E-state index in [1.54, 1.807) is 7.11 Å². The lowest BCUT2D eigenvalue weighted by atomic mass is 9.93. The van der Waals surface area contributed by atoms with E-state index in [1.807, 2.05) is 30.3 Å². The van der Waals surface area contributed by atoms with Crippen molar-refractivity contribution in [2.24, 2.45) is 0 Å². The highest BCUT2D eigenvalue weighted by Crippen LogP contribution is 2.43. The molecule has 1 saturated heterocycles. The number of ether oxygens (including phenoxy) is 4. The molecule has 39 heavy (non-hydrogen) atoms. The summed E-state index contributed by atoms with van der Waals surface area (Å²) < 4.78 is 21.7. The van der Waals surface area contributed by atoms with Crippen LogP contribution in [0.25, 0.3) is 0 Å². The number of aryl methyl sites for hydroxylation is 2. The van der Waals surface area contributed by atoms with Gasteiger partial charge in [-0.1, -0.05) is 43.6 Å². The zero-order chi connectivity index (χ0) is 27.4. The molecular formula is C31H35ClN2O5. The van der Waals surface area contributed by atoms with E-state index in [2.05, 4.69) is 48.3 Å². The summed E-state index contributed by atoms with van der Waals surface area (Å²) in [7, 11) is 1.60. The van der Waals surface area contributed by atoms with Crippen molar-refractivity contribution in [3.8, 4) is 17.2 Å². The molecule has 2 aliphatic heterocycles. The van der Waals surface area contributed by atoms with Gasteiger partial charge < -0.3 is 24.3 Å². The topological polar surface area (TPSA) is 69.3 Å². The second kappa shape index (κ2) is 12.3. The number of likely N-dealkylation sites (tertiary alicyclic amines) is 1. The van der Waals surface area contributed by atoms with Gasteiger partial charge in [-0.05, 0) is 83.8 Å². The van der Waals surface area contributed by atoms with E-state index in [0.29, 0.717) is 5.02 Å². The molecule has 2 aliphatic rings. The van der Waals surface area contributed by atoms with Gasteiger partial charge >= 0.3 is 0 Å². The number of carbonyl (C=O) groups is 1. The molecule has 3 aromatic carbocycles. The minimum Gasteiger partial charge on any atom is -0.468 e. The number of benzene rings is 3. The van der Waals surface area contributed by atoms with Crippen LogP contribution < -0.4 is 19.5 Å². The quantitative estimate of drug-likeness (QED) is 0.297. The van der Waals surface area contributed by atoms with Crippen molar-refractivity contribution in [3.05, 3.63) is 81.9 Å². The summed E-state index contributed by atoms with van der Waals surface area (Å²) in [6, 6.07) is 18.2. The Labute approximate surface area is 235 Å². The van der Waals surface area contributed by atoms with Crippen molar-refractivity contribution in [2.75, 3.05) is 39.1 Å². The first-order valence-corrected chi connectivity index (χ1v) is 13.8. The predicted molar refractivity (Wildman–Crippen MR) is 152 cm³/mol. The molecule has 206 valence electrons. The molecule has 0 aliphatic carbocycles. The standard InChI is InChI=1S/C31H35ClN2O5/c1-4-20-12-25(32)13-21(5-2)31(20)33-30(35)17-34-16-24(23-8-11-28-29(15-23)39-19-38-28)14-27(34)22-6-9-26(10-7-22)37-18-36-3/h6-13,15,24,27H,4-5,14,16-19H2,1-3H3,(H,33,35)/t24-,27-/m1/s1. The summed E-state index contributed by atoms with van der Waals surface area (Å²) in [4.78, 5) is 15.7. The minimum absolute atomic E-state index is 0.0295. The average Bonchev–Trinajstić information content (AvgIpc) is 3.59. The first kappa shape index (κ1) is 27.3. The van der Waals surface area contributed by atoms with Gasteiger partial charge in [0.05, 0.1) is 6.54 Å². The SMILES string of the molecule is CCc1cc(Cl)cc(CC)c1NC(=O)CN1C[C@H](c2ccc3c(c2)OCO3)C[C@@H]1c1ccc(OCOC)cc1. The maximum Gasteiger partial charge on any atom is 0.238 e. The summed E-state index contributed by atoms with van der Waals surface area (Å²) in [5, 5.41) is 3.92. The second-order valence-corrected chi connectivity index (χ2v) is 10.4. The van der Waals surface area contributed by atoms with E-state index in [9.17, 15) is 4.79 Å². The fraction of sp³-hybridized carbons (Fsp3) is 0.387. The van der Waals surface area contributed by atoms with Crippen LogP contribution in [-0.2, 0) is 22.4 Å². The Morgan fingerprint density at radius 2 is 1.69 bits per heavy atom. The van der Waals surface area contributed by atoms with E-state index in [4.69, 9.17) is 30.5 Å². The minimum atomic E-state index is -0.0295. The molecule has 0 saturated carbocycles. The largest absolute Gasteiger partial charge is 0.468 e. The van der Waals surface area contributed by atoms with Gasteiger partial charge in [0.15, 0.2) is 18.3 Å². The molecule has 7 nitrogen and oxygen atoms in total. The Morgan fingerprint density at radius 1 is 1.00 bits per heavy atom. The van der Waals surface area contributed by atoms with Gasteiger partial charge in [-0.15, -0.1) is 0 Å². The smallest absolute Gasteiger partial charge is 0.238 e. The molecule has 1 amide bonds. The number of rotatable bonds is 10. The van der Waals surface area contributed by atoms with Crippen LogP contribution in [-0.4, -0.2) is 44.6 Å². The number of methoxy groups -OCH3 is 1. The molecule has 2 heterocycles. The molecular weight excluding hydrogens is 516 g/mol. The summed E-state index contributed by atoms with van der Waals surface area (Å²) in [5.41, 5.74) is 5.32. The fourth-order valence-corrected chi connectivity index (χ4v) is 5.82. The second-order valence-electron chi connectivity index (χ2n) is 9.96. The fourth-order valence-electron chi connectivity index (χ4n) is 5.55. The highest BCUT2D eigenvalue weighted by atomic mass is 35.5. The highest BCUT2D eigenvalue weighted by molar-refractivity contribution is 6.30. The molecule has 0 unspecified atom stereocenters. The van der Waals surface area contributed by atoms with E-state index in [-0.39, 0.29) is 38.0 Å². The van der Waals surface area contributed by atoms with Crippen LogP contribution in [0.1, 0.15) is 54.5 Å². The normalized spacial score (nSPS) is 18.4. The van der Waals surface area contributed by atoms with Crippen LogP contribution in [0.5, 0.6) is 17.2 Å². The number of nitrogens with one attached hydrogen (secondary N) is 1. The third-order valence-electron chi connectivity index (χ3n) is 7.52. The van der Waals surface area contributed by atoms with E-state index in [1.165, 1.54) is 5.56 Å². The molecule has 0 spiro atoms. The number of halogens is 1. The van der Waals surface area contributed by atoms with Gasteiger partial charge in [-0.25, -0.2) is 0 Å². The molecule has 2 atom stereocenters. The lowest BCUT2D eigenvalue weighted by Crippen LogP contribution is -2.33. The van der Waals surface area contributed by atoms with Crippen molar-refractivity contribution in [3.63, 3.8) is 0 Å². The van der Waals surface area contributed by atoms with Gasteiger partial charge in [-0.3, -0.25) is 9.69 Å². The monoisotopic (exact) mass is 550 g/mol. The molecule has 0 radical (unpaired) electrons. The first-order valence-electron chi connectivity index (χ1n) is 13.5. The van der Waals surface area contributed by atoms with Crippen LogP contribution >= 0.6 is 11.6 Å². The van der Waals surface area contributed by atoms with Crippen LogP contribution in [0.4, 0.5) is 5.69 Å². The third-order valence-corrected chi connectivity index (χ3v) is 7.74. The maximum absolute atomic E-state index is 13.5. The zero-order valence-corrected chi connectivity index (χ0v) is 23.4. The molecule has 1 N–H and O–H groups in total. The van der Waals surface area contributed by atoms with E-state index < -0.39 is 0 Å². The summed E-state index contributed by atoms with van der Waals surface area (Å²) in [6.07, 6.45) is 2.46. The van der Waals surface area contributed by atoms with E-state index in [0.717, 1.165) is 65.4 Å². The summed E-state index contributed by atoms with van der Waals surface area (Å²) >= 11 is 6.34. The number of fused-ring (bicyclic) bond motifs is 1. The van der Waals surface area contributed by atoms with Gasteiger partial charge in [0.2, 0.25) is 12.7 Å². The van der Waals surface area contributed by atoms with Crippen molar-refractivity contribution >= 4 is 23.2 Å². The summed E-state index contributed by atoms with van der Waals surface area (Å²) in [6.45, 7) is 5.64. The zero-order valence-electron chi connectivity index (χ0n) is 22.7. The molecule has 5 rings (SSSR count). The lowest BCUT2D eigenvalue weighted by Gasteiger charge is -2.25. The van der Waals surface area contributed by atoms with Gasteiger partial charge in [0, 0.05) is 30.4 Å². The molecule has 1 fully saturated rings. The number of carbonyl (C=O) groups excluding carboxylic acids is 1. The van der Waals surface area contributed by atoms with Crippen molar-refractivity contribution in [1.29, 1.82) is 0 Å². The third kappa shape index (κ3) is 6.16. The number of hydrogen-bond donors (Lipinski definition) is 1. The Balaban J connectivity index is 1.38. The Bertz CT molecular complexity index is 1290. The number of nitrogens with zero attached hydrogens (tertiary/aromatic N) is 1. The molecule has 0 bridgehead atoms. The van der Waals surface area contributed by atoms with E-state index >= 15 is 0 Å². The van der Waals surface area contributed by atoms with Gasteiger partial charge in [0.25, 0.3) is 0 Å². The number of hydrogen-bond acceptors (Lipinski definition) is 6. The number of amides is 1. The average molecular weight is 551 g/mol. The van der Waals surface area contributed by atoms with Crippen molar-refractivity contribution < 1.29 is 23.7 Å². The van der Waals surface area contributed by atoms with Crippen molar-refractivity contribution in [2.45, 2.75) is 45.1 Å². The summed E-state index contributed by atoms with van der Waals surface area (Å²) in [5.74, 6) is 2.52. The Hall–Kier alpha value is -3.26. The Kier molecular flexibility index (Phi) is 8.60. The molecule has 8 heteroatoms. The van der Waals surface area contributed by atoms with Crippen molar-refractivity contribution in [1.82, 2.24) is 4.90 Å². The lowest BCUT2D eigenvalue weighted by molar-refractivity contribution is -0.117. The first-order chi connectivity index (χ1) is 19.0. The molecule has 0 aromatic heterocycles. The Morgan fingerprint density at radius 3 is 2.38 bits per heavy atom. The van der Waals surface area contributed by atoms with Crippen LogP contribution in [0, 0.1) is 0 Å².